The Morgan fingerprint density at radius 3 is 2.20 bits per heavy atom. The van der Waals surface area contributed by atoms with Crippen LogP contribution in [-0.4, -0.2) is 87.2 Å². The van der Waals surface area contributed by atoms with Crippen LogP contribution >= 0.6 is 0 Å². The maximum atomic E-state index is 13.7. The van der Waals surface area contributed by atoms with Crippen molar-refractivity contribution < 1.29 is 37.0 Å². The molecule has 3 aromatic rings. The van der Waals surface area contributed by atoms with Crippen molar-refractivity contribution in [3.8, 4) is 5.75 Å². The van der Waals surface area contributed by atoms with Gasteiger partial charge in [-0.25, -0.2) is 4.79 Å². The summed E-state index contributed by atoms with van der Waals surface area (Å²) in [4.78, 5) is 44.7. The van der Waals surface area contributed by atoms with Crippen LogP contribution in [0.3, 0.4) is 0 Å². The van der Waals surface area contributed by atoms with Crippen molar-refractivity contribution in [2.75, 3.05) is 75.1 Å². The van der Waals surface area contributed by atoms with Gasteiger partial charge in [-0.15, -0.1) is 0 Å². The van der Waals surface area contributed by atoms with Crippen LogP contribution < -0.4 is 20.3 Å². The van der Waals surface area contributed by atoms with E-state index < -0.39 is 17.8 Å². The van der Waals surface area contributed by atoms with Crippen molar-refractivity contribution in [3.05, 3.63) is 83.4 Å². The van der Waals surface area contributed by atoms with E-state index in [1.807, 2.05) is 4.90 Å². The Morgan fingerprint density at radius 1 is 0.795 bits per heavy atom. The molecular formula is C31H32F3N5O5. The minimum atomic E-state index is -4.52. The number of urea groups is 1. The van der Waals surface area contributed by atoms with Gasteiger partial charge in [-0.05, 0) is 54.6 Å². The number of amides is 4. The number of morpholine rings is 1. The van der Waals surface area contributed by atoms with Crippen molar-refractivity contribution in [3.63, 3.8) is 0 Å². The second kappa shape index (κ2) is 13.2. The van der Waals surface area contributed by atoms with Crippen molar-refractivity contribution in [2.45, 2.75) is 6.18 Å². The lowest BCUT2D eigenvalue weighted by molar-refractivity contribution is -0.137. The SMILES string of the molecule is COc1cccc(C(=O)Nc2ccc(N3CCN(C(=O)Nc4cccc(C(F)(F)F)c4)CC3)c(C(=O)N3CCOCC3)c2)c1. The number of hydrogen-bond acceptors (Lipinski definition) is 6. The number of alkyl halides is 3. The number of benzene rings is 3. The summed E-state index contributed by atoms with van der Waals surface area (Å²) in [7, 11) is 1.52. The molecule has 0 bridgehead atoms. The smallest absolute Gasteiger partial charge is 0.416 e. The van der Waals surface area contributed by atoms with Gasteiger partial charge in [-0.1, -0.05) is 12.1 Å². The van der Waals surface area contributed by atoms with Crippen LogP contribution in [0.25, 0.3) is 0 Å². The first-order chi connectivity index (χ1) is 21.1. The first-order valence-corrected chi connectivity index (χ1v) is 14.1. The van der Waals surface area contributed by atoms with Crippen LogP contribution in [0.5, 0.6) is 5.75 Å². The summed E-state index contributed by atoms with van der Waals surface area (Å²) in [6.07, 6.45) is -4.52. The van der Waals surface area contributed by atoms with Gasteiger partial charge in [0.2, 0.25) is 0 Å². The van der Waals surface area contributed by atoms with Gasteiger partial charge >= 0.3 is 12.2 Å². The number of piperazine rings is 1. The van der Waals surface area contributed by atoms with E-state index in [0.29, 0.717) is 67.6 Å². The predicted molar refractivity (Wildman–Crippen MR) is 158 cm³/mol. The van der Waals surface area contributed by atoms with Crippen LogP contribution in [-0.2, 0) is 10.9 Å². The highest BCUT2D eigenvalue weighted by molar-refractivity contribution is 6.06. The lowest BCUT2D eigenvalue weighted by Crippen LogP contribution is -2.50. The third-order valence-corrected chi connectivity index (χ3v) is 7.46. The Balaban J connectivity index is 1.30. The number of anilines is 3. The summed E-state index contributed by atoms with van der Waals surface area (Å²) >= 11 is 0. The molecule has 2 heterocycles. The Labute approximate surface area is 252 Å². The van der Waals surface area contributed by atoms with Crippen LogP contribution in [0.4, 0.5) is 35.0 Å². The fourth-order valence-electron chi connectivity index (χ4n) is 5.09. The molecule has 2 fully saturated rings. The number of methoxy groups -OCH3 is 1. The largest absolute Gasteiger partial charge is 0.497 e. The van der Waals surface area contributed by atoms with Gasteiger partial charge in [0.25, 0.3) is 11.8 Å². The van der Waals surface area contributed by atoms with E-state index in [0.717, 1.165) is 12.1 Å². The van der Waals surface area contributed by atoms with E-state index in [4.69, 9.17) is 9.47 Å². The molecular weight excluding hydrogens is 579 g/mol. The highest BCUT2D eigenvalue weighted by Gasteiger charge is 2.31. The fourth-order valence-corrected chi connectivity index (χ4v) is 5.09. The zero-order valence-corrected chi connectivity index (χ0v) is 24.0. The summed E-state index contributed by atoms with van der Waals surface area (Å²) in [5, 5.41) is 5.40. The molecule has 44 heavy (non-hydrogen) atoms. The molecule has 0 saturated carbocycles. The quantitative estimate of drug-likeness (QED) is 0.416. The molecule has 10 nitrogen and oxygen atoms in total. The number of nitrogens with zero attached hydrogens (tertiary/aromatic N) is 3. The van der Waals surface area contributed by atoms with Crippen LogP contribution in [0.1, 0.15) is 26.3 Å². The summed E-state index contributed by atoms with van der Waals surface area (Å²) in [5.74, 6) is -0.0221. The Bertz CT molecular complexity index is 1520. The van der Waals surface area contributed by atoms with Gasteiger partial charge < -0.3 is 34.8 Å². The minimum Gasteiger partial charge on any atom is -0.497 e. The monoisotopic (exact) mass is 611 g/mol. The Morgan fingerprint density at radius 2 is 1.50 bits per heavy atom. The van der Waals surface area contributed by atoms with E-state index in [9.17, 15) is 27.6 Å². The number of rotatable bonds is 6. The number of carbonyl (C=O) groups excluding carboxylic acids is 3. The topological polar surface area (TPSA) is 103 Å². The Hall–Kier alpha value is -4.78. The van der Waals surface area contributed by atoms with Crippen molar-refractivity contribution in [2.24, 2.45) is 0 Å². The molecule has 0 aromatic heterocycles. The molecule has 2 N–H and O–H groups in total. The minimum absolute atomic E-state index is 0.0530. The van der Waals surface area contributed by atoms with E-state index >= 15 is 0 Å². The zero-order chi connectivity index (χ0) is 31.3. The van der Waals surface area contributed by atoms with Gasteiger partial charge in [0, 0.05) is 61.9 Å². The maximum absolute atomic E-state index is 13.7. The molecule has 2 saturated heterocycles. The second-order valence-electron chi connectivity index (χ2n) is 10.3. The number of ether oxygens (including phenoxy) is 2. The zero-order valence-electron chi connectivity index (χ0n) is 24.0. The molecule has 0 atom stereocenters. The average molecular weight is 612 g/mol. The summed E-state index contributed by atoms with van der Waals surface area (Å²) < 4.78 is 49.9. The van der Waals surface area contributed by atoms with Crippen molar-refractivity contribution >= 4 is 34.9 Å². The molecule has 232 valence electrons. The second-order valence-corrected chi connectivity index (χ2v) is 10.3. The molecule has 4 amide bonds. The number of halogens is 3. The number of carbonyl (C=O) groups is 3. The molecule has 0 radical (unpaired) electrons. The molecule has 0 spiro atoms. The number of hydrogen-bond donors (Lipinski definition) is 2. The summed E-state index contributed by atoms with van der Waals surface area (Å²) in [6, 6.07) is 15.8. The Kier molecular flexibility index (Phi) is 9.23. The molecule has 2 aliphatic rings. The van der Waals surface area contributed by atoms with Crippen LogP contribution in [0.15, 0.2) is 66.7 Å². The summed E-state index contributed by atoms with van der Waals surface area (Å²) in [6.45, 7) is 3.04. The van der Waals surface area contributed by atoms with E-state index in [2.05, 4.69) is 10.6 Å². The number of nitrogens with one attached hydrogen (secondary N) is 2. The molecule has 2 aliphatic heterocycles. The van der Waals surface area contributed by atoms with Gasteiger partial charge in [0.1, 0.15) is 5.75 Å². The van der Waals surface area contributed by atoms with Crippen LogP contribution in [0.2, 0.25) is 0 Å². The van der Waals surface area contributed by atoms with Crippen molar-refractivity contribution in [1.82, 2.24) is 9.80 Å². The van der Waals surface area contributed by atoms with E-state index in [1.165, 1.54) is 24.1 Å². The third-order valence-electron chi connectivity index (χ3n) is 7.46. The molecule has 0 aliphatic carbocycles. The average Bonchev–Trinajstić information content (AvgIpc) is 3.04. The molecule has 13 heteroatoms. The van der Waals surface area contributed by atoms with E-state index in [-0.39, 0.29) is 30.6 Å². The van der Waals surface area contributed by atoms with Gasteiger partial charge in [0.15, 0.2) is 0 Å². The first kappa shape index (κ1) is 30.7. The van der Waals surface area contributed by atoms with E-state index in [1.54, 1.807) is 47.4 Å². The van der Waals surface area contributed by atoms with Gasteiger partial charge in [-0.3, -0.25) is 9.59 Å². The van der Waals surface area contributed by atoms with Crippen molar-refractivity contribution in [1.29, 1.82) is 0 Å². The lowest BCUT2D eigenvalue weighted by Gasteiger charge is -2.37. The first-order valence-electron chi connectivity index (χ1n) is 14.1. The highest BCUT2D eigenvalue weighted by atomic mass is 19.4. The lowest BCUT2D eigenvalue weighted by atomic mass is 10.1. The maximum Gasteiger partial charge on any atom is 0.416 e. The predicted octanol–water partition coefficient (Wildman–Crippen LogP) is 4.79. The highest BCUT2D eigenvalue weighted by Crippen LogP contribution is 2.31. The molecule has 3 aromatic carbocycles. The molecule has 0 unspecified atom stereocenters. The fraction of sp³-hybridized carbons (Fsp3) is 0.323. The van der Waals surface area contributed by atoms with Gasteiger partial charge in [0.05, 0.1) is 31.5 Å². The summed E-state index contributed by atoms with van der Waals surface area (Å²) in [5.41, 5.74) is 1.10. The third kappa shape index (κ3) is 7.22. The van der Waals surface area contributed by atoms with Crippen LogP contribution in [0, 0.1) is 0 Å². The standard InChI is InChI=1S/C31H32F3N5O5/c1-43-25-7-2-4-21(18-25)28(40)35-24-8-9-27(26(20-24)29(41)38-14-16-44-17-15-38)37-10-12-39(13-11-37)30(42)36-23-6-3-5-22(19-23)31(32,33)34/h2-9,18-20H,10-17H2,1H3,(H,35,40)(H,36,42). The molecule has 5 rings (SSSR count). The normalized spacial score (nSPS) is 15.5. The van der Waals surface area contributed by atoms with Gasteiger partial charge in [-0.2, -0.15) is 13.2 Å².